The summed E-state index contributed by atoms with van der Waals surface area (Å²) in [5.74, 6) is 1.43. The van der Waals surface area contributed by atoms with Gasteiger partial charge >= 0.3 is 0 Å². The van der Waals surface area contributed by atoms with Crippen LogP contribution in [0.5, 0.6) is 0 Å². The van der Waals surface area contributed by atoms with Gasteiger partial charge in [0.05, 0.1) is 18.8 Å². The van der Waals surface area contributed by atoms with Crippen LogP contribution in [0.15, 0.2) is 0 Å². The van der Waals surface area contributed by atoms with Crippen molar-refractivity contribution in [2.45, 2.75) is 89.0 Å². The van der Waals surface area contributed by atoms with E-state index < -0.39 is 0 Å². The number of Topliss-reactive ketones (excluding diaryl/α,β-unsaturated/α-hetero) is 2. The Hall–Kier alpha value is -0.570. The number of ketones is 2. The predicted molar refractivity (Wildman–Crippen MR) is 125 cm³/mol. The third kappa shape index (κ3) is 11.2. The fraction of sp³-hybridized carbons (Fsp3) is 0.864. The van der Waals surface area contributed by atoms with Crippen molar-refractivity contribution in [3.05, 3.63) is 0 Å². The Morgan fingerprint density at radius 1 is 1.07 bits per heavy atom. The lowest BCUT2D eigenvalue weighted by Gasteiger charge is -2.24. The minimum absolute atomic E-state index is 0.0110. The van der Waals surface area contributed by atoms with Crippen LogP contribution >= 0.6 is 21.6 Å². The van der Waals surface area contributed by atoms with E-state index in [1.54, 1.807) is 42.7 Å². The smallest absolute Gasteiger partial charge is 0.222 e. The van der Waals surface area contributed by atoms with E-state index in [9.17, 15) is 14.4 Å². The van der Waals surface area contributed by atoms with Crippen LogP contribution in [-0.4, -0.2) is 72.4 Å². The molecule has 0 saturated carbocycles. The van der Waals surface area contributed by atoms with Crippen molar-refractivity contribution < 1.29 is 23.9 Å². The molecule has 0 aromatic rings. The summed E-state index contributed by atoms with van der Waals surface area (Å²) in [5.41, 5.74) is 0. The van der Waals surface area contributed by atoms with E-state index in [0.717, 1.165) is 31.4 Å². The van der Waals surface area contributed by atoms with Crippen LogP contribution in [-0.2, 0) is 23.9 Å². The second kappa shape index (κ2) is 14.5. The van der Waals surface area contributed by atoms with Crippen LogP contribution < -0.4 is 0 Å². The summed E-state index contributed by atoms with van der Waals surface area (Å²) in [6.07, 6.45) is 5.38. The van der Waals surface area contributed by atoms with E-state index in [4.69, 9.17) is 9.47 Å². The zero-order chi connectivity index (χ0) is 22.6. The number of nitrogens with zero attached hydrogens (tertiary/aromatic N) is 1. The maximum Gasteiger partial charge on any atom is 0.222 e. The van der Waals surface area contributed by atoms with E-state index in [1.807, 2.05) is 4.90 Å². The molecule has 1 rings (SSSR count). The number of carbonyl (C=O) groups is 3. The molecule has 1 amide bonds. The Labute approximate surface area is 190 Å². The summed E-state index contributed by atoms with van der Waals surface area (Å²) in [7, 11) is 6.79. The van der Waals surface area contributed by atoms with Gasteiger partial charge in [-0.15, -0.1) is 0 Å². The van der Waals surface area contributed by atoms with Crippen molar-refractivity contribution >= 4 is 39.1 Å². The third-order valence-electron chi connectivity index (χ3n) is 5.31. The van der Waals surface area contributed by atoms with Gasteiger partial charge in [-0.2, -0.15) is 0 Å². The number of hydrogen-bond donors (Lipinski definition) is 0. The lowest BCUT2D eigenvalue weighted by Crippen LogP contribution is -2.38. The summed E-state index contributed by atoms with van der Waals surface area (Å²) in [6.45, 7) is 7.06. The molecule has 0 unspecified atom stereocenters. The fourth-order valence-corrected chi connectivity index (χ4v) is 6.10. The molecule has 8 heteroatoms. The second-order valence-electron chi connectivity index (χ2n) is 8.61. The predicted octanol–water partition coefficient (Wildman–Crippen LogP) is 4.30. The summed E-state index contributed by atoms with van der Waals surface area (Å²) in [5, 5.41) is 0. The molecule has 6 nitrogen and oxygen atoms in total. The highest BCUT2D eigenvalue weighted by Gasteiger charge is 2.34. The van der Waals surface area contributed by atoms with Crippen LogP contribution in [0.3, 0.4) is 0 Å². The van der Waals surface area contributed by atoms with Crippen LogP contribution in [0.4, 0.5) is 0 Å². The van der Waals surface area contributed by atoms with Crippen molar-refractivity contribution in [2.75, 3.05) is 33.1 Å². The van der Waals surface area contributed by atoms with Crippen molar-refractivity contribution in [3.8, 4) is 0 Å². The standard InChI is InChI=1S/C22H39NO5S2/c1-17(24)11-13-29-30-22(2,3)12-10-19(25)8-6-7-9-21(26)23-15-20(28-5)14-18(23)16-27-4/h18,20H,6-16H2,1-5H3/t18-,20+/m1/s1. The first-order valence-electron chi connectivity index (χ1n) is 10.8. The summed E-state index contributed by atoms with van der Waals surface area (Å²) in [4.78, 5) is 37.7. The number of carbonyl (C=O) groups excluding carboxylic acids is 3. The molecule has 1 heterocycles. The molecule has 0 aromatic carbocycles. The van der Waals surface area contributed by atoms with Crippen molar-refractivity contribution in [3.63, 3.8) is 0 Å². The molecule has 1 aliphatic rings. The summed E-state index contributed by atoms with van der Waals surface area (Å²) in [6, 6.07) is 0.0853. The molecule has 1 fully saturated rings. The van der Waals surface area contributed by atoms with Crippen LogP contribution in [0.25, 0.3) is 0 Å². The maximum absolute atomic E-state index is 12.6. The zero-order valence-electron chi connectivity index (χ0n) is 19.2. The Kier molecular flexibility index (Phi) is 13.3. The van der Waals surface area contributed by atoms with Gasteiger partial charge < -0.3 is 14.4 Å². The third-order valence-corrected chi connectivity index (χ3v) is 8.66. The van der Waals surface area contributed by atoms with E-state index in [2.05, 4.69) is 13.8 Å². The lowest BCUT2D eigenvalue weighted by molar-refractivity contribution is -0.133. The highest BCUT2D eigenvalue weighted by molar-refractivity contribution is 8.77. The summed E-state index contributed by atoms with van der Waals surface area (Å²) >= 11 is 0. The molecule has 0 bridgehead atoms. The van der Waals surface area contributed by atoms with Gasteiger partial charge in [0, 0.05) is 56.9 Å². The molecule has 1 aliphatic heterocycles. The molecular weight excluding hydrogens is 422 g/mol. The Balaban J connectivity index is 2.21. The van der Waals surface area contributed by atoms with Gasteiger partial charge in [0.1, 0.15) is 11.6 Å². The number of hydrogen-bond acceptors (Lipinski definition) is 7. The number of rotatable bonds is 16. The SMILES string of the molecule is COC[C@H]1C[C@H](OC)CN1C(=O)CCCCC(=O)CCC(C)(C)SSCCC(C)=O. The molecule has 174 valence electrons. The molecule has 0 radical (unpaired) electrons. The van der Waals surface area contributed by atoms with Gasteiger partial charge in [-0.05, 0) is 46.5 Å². The van der Waals surface area contributed by atoms with E-state index in [-0.39, 0.29) is 34.4 Å². The van der Waals surface area contributed by atoms with Gasteiger partial charge in [0.25, 0.3) is 0 Å². The Morgan fingerprint density at radius 2 is 1.77 bits per heavy atom. The lowest BCUT2D eigenvalue weighted by atomic mass is 10.0. The van der Waals surface area contributed by atoms with Crippen molar-refractivity contribution in [1.82, 2.24) is 4.90 Å². The molecule has 2 atom stereocenters. The normalized spacial score (nSPS) is 19.3. The highest BCUT2D eigenvalue weighted by Crippen LogP contribution is 2.39. The van der Waals surface area contributed by atoms with Gasteiger partial charge in [0.2, 0.25) is 5.91 Å². The van der Waals surface area contributed by atoms with Gasteiger partial charge in [-0.3, -0.25) is 14.4 Å². The van der Waals surface area contributed by atoms with E-state index >= 15 is 0 Å². The Bertz CT molecular complexity index is 556. The average molecular weight is 462 g/mol. The number of likely N-dealkylation sites (tertiary alicyclic amines) is 1. The Morgan fingerprint density at radius 3 is 2.40 bits per heavy atom. The van der Waals surface area contributed by atoms with E-state index in [0.29, 0.717) is 38.8 Å². The van der Waals surface area contributed by atoms with Crippen molar-refractivity contribution in [2.24, 2.45) is 0 Å². The zero-order valence-corrected chi connectivity index (χ0v) is 20.9. The van der Waals surface area contributed by atoms with Gasteiger partial charge in [-0.25, -0.2) is 0 Å². The highest BCUT2D eigenvalue weighted by atomic mass is 33.1. The first-order valence-corrected chi connectivity index (χ1v) is 13.1. The second-order valence-corrected chi connectivity index (χ2v) is 11.7. The fourth-order valence-electron chi connectivity index (χ4n) is 3.44. The number of amides is 1. The molecular formula is C22H39NO5S2. The molecule has 0 aromatic heterocycles. The molecule has 1 saturated heterocycles. The quantitative estimate of drug-likeness (QED) is 0.251. The number of methoxy groups -OCH3 is 2. The van der Waals surface area contributed by atoms with E-state index in [1.165, 1.54) is 0 Å². The molecule has 0 spiro atoms. The van der Waals surface area contributed by atoms with Crippen LogP contribution in [0.2, 0.25) is 0 Å². The van der Waals surface area contributed by atoms with Gasteiger partial charge in [-0.1, -0.05) is 21.6 Å². The van der Waals surface area contributed by atoms with Crippen molar-refractivity contribution in [1.29, 1.82) is 0 Å². The summed E-state index contributed by atoms with van der Waals surface area (Å²) < 4.78 is 10.7. The largest absolute Gasteiger partial charge is 0.383 e. The van der Waals surface area contributed by atoms with Crippen LogP contribution in [0.1, 0.15) is 72.1 Å². The average Bonchev–Trinajstić information content (AvgIpc) is 3.10. The van der Waals surface area contributed by atoms with Crippen LogP contribution in [0, 0.1) is 0 Å². The maximum atomic E-state index is 12.6. The minimum atomic E-state index is 0.0110. The number of ether oxygens (including phenoxy) is 2. The monoisotopic (exact) mass is 461 g/mol. The number of unbranched alkanes of at least 4 members (excludes halogenated alkanes) is 1. The molecule has 0 N–H and O–H groups in total. The minimum Gasteiger partial charge on any atom is -0.383 e. The molecule has 0 aliphatic carbocycles. The molecule has 30 heavy (non-hydrogen) atoms. The topological polar surface area (TPSA) is 72.9 Å². The first kappa shape index (κ1) is 27.5. The first-order chi connectivity index (χ1) is 14.2. The van der Waals surface area contributed by atoms with Gasteiger partial charge in [0.15, 0.2) is 0 Å².